The van der Waals surface area contributed by atoms with Crippen LogP contribution in [0, 0.1) is 11.8 Å². The van der Waals surface area contributed by atoms with Gasteiger partial charge in [0.2, 0.25) is 11.8 Å². The van der Waals surface area contributed by atoms with Crippen LogP contribution in [0.15, 0.2) is 24.3 Å². The van der Waals surface area contributed by atoms with Crippen LogP contribution in [-0.2, 0) is 16.1 Å². The molecule has 124 valence electrons. The smallest absolute Gasteiger partial charge is 0.223 e. The molecule has 0 spiro atoms. The summed E-state index contributed by atoms with van der Waals surface area (Å²) in [5.41, 5.74) is 1.04. The number of amides is 2. The topological polar surface area (TPSA) is 58.2 Å². The summed E-state index contributed by atoms with van der Waals surface area (Å²) in [6.45, 7) is 0.526. The molecule has 0 bridgehead atoms. The lowest BCUT2D eigenvalue weighted by Gasteiger charge is -2.27. The molecule has 2 fully saturated rings. The fourth-order valence-corrected chi connectivity index (χ4v) is 3.23. The van der Waals surface area contributed by atoms with Crippen LogP contribution < -0.4 is 10.6 Å². The molecule has 0 saturated heterocycles. The third kappa shape index (κ3) is 4.71. The van der Waals surface area contributed by atoms with E-state index in [1.807, 2.05) is 24.3 Å². The Balaban J connectivity index is 1.40. The van der Waals surface area contributed by atoms with Gasteiger partial charge >= 0.3 is 0 Å². The van der Waals surface area contributed by atoms with E-state index in [1.165, 1.54) is 0 Å². The van der Waals surface area contributed by atoms with Crippen LogP contribution >= 0.6 is 11.6 Å². The van der Waals surface area contributed by atoms with E-state index in [-0.39, 0.29) is 23.7 Å². The molecule has 2 N–H and O–H groups in total. The van der Waals surface area contributed by atoms with Crippen molar-refractivity contribution in [3.63, 3.8) is 0 Å². The van der Waals surface area contributed by atoms with Gasteiger partial charge in [0.15, 0.2) is 0 Å². The lowest BCUT2D eigenvalue weighted by Crippen LogP contribution is -2.38. The van der Waals surface area contributed by atoms with Crippen molar-refractivity contribution in [3.05, 3.63) is 34.9 Å². The number of carbonyl (C=O) groups excluding carboxylic acids is 2. The van der Waals surface area contributed by atoms with E-state index in [1.54, 1.807) is 0 Å². The number of benzene rings is 1. The lowest BCUT2D eigenvalue weighted by atomic mass is 9.81. The molecule has 23 heavy (non-hydrogen) atoms. The molecule has 2 aliphatic carbocycles. The average Bonchev–Trinajstić information content (AvgIpc) is 3.38. The Morgan fingerprint density at radius 1 is 0.913 bits per heavy atom. The van der Waals surface area contributed by atoms with E-state index in [0.29, 0.717) is 17.6 Å². The van der Waals surface area contributed by atoms with Crippen molar-refractivity contribution >= 4 is 23.4 Å². The van der Waals surface area contributed by atoms with Crippen LogP contribution in [0.2, 0.25) is 5.02 Å². The number of rotatable bonds is 5. The normalized spacial score (nSPS) is 24.0. The predicted octanol–water partition coefficient (Wildman–Crippen LogP) is 3.04. The SMILES string of the molecule is O=C(NCc1ccc(Cl)cc1)C1CCC(C(=O)NC2CC2)CC1. The van der Waals surface area contributed by atoms with Gasteiger partial charge in [0, 0.05) is 29.4 Å². The first-order chi connectivity index (χ1) is 11.1. The van der Waals surface area contributed by atoms with Gasteiger partial charge in [-0.05, 0) is 56.2 Å². The van der Waals surface area contributed by atoms with Gasteiger partial charge in [-0.1, -0.05) is 23.7 Å². The summed E-state index contributed by atoms with van der Waals surface area (Å²) in [7, 11) is 0. The van der Waals surface area contributed by atoms with E-state index < -0.39 is 0 Å². The molecular formula is C18H23ClN2O2. The maximum Gasteiger partial charge on any atom is 0.223 e. The molecule has 3 rings (SSSR count). The fraction of sp³-hybridized carbons (Fsp3) is 0.556. The van der Waals surface area contributed by atoms with E-state index in [4.69, 9.17) is 11.6 Å². The molecule has 0 aliphatic heterocycles. The maximum absolute atomic E-state index is 12.3. The third-order valence-electron chi connectivity index (χ3n) is 4.77. The number of nitrogens with one attached hydrogen (secondary N) is 2. The Kier molecular flexibility index (Phi) is 5.21. The minimum Gasteiger partial charge on any atom is -0.353 e. The third-order valence-corrected chi connectivity index (χ3v) is 5.02. The Morgan fingerprint density at radius 3 is 2.04 bits per heavy atom. The molecule has 2 aliphatic rings. The van der Waals surface area contributed by atoms with Crippen LogP contribution in [0.1, 0.15) is 44.1 Å². The second-order valence-corrected chi connectivity index (χ2v) is 7.11. The minimum absolute atomic E-state index is 0.0345. The molecule has 5 heteroatoms. The molecule has 2 saturated carbocycles. The van der Waals surface area contributed by atoms with Crippen LogP contribution in [-0.4, -0.2) is 17.9 Å². The zero-order chi connectivity index (χ0) is 16.2. The summed E-state index contributed by atoms with van der Waals surface area (Å²) >= 11 is 5.85. The molecule has 0 heterocycles. The van der Waals surface area contributed by atoms with E-state index in [9.17, 15) is 9.59 Å². The average molecular weight is 335 g/mol. The highest BCUT2D eigenvalue weighted by Gasteiger charge is 2.32. The second kappa shape index (κ2) is 7.35. The van der Waals surface area contributed by atoms with Crippen molar-refractivity contribution in [2.75, 3.05) is 0 Å². The highest BCUT2D eigenvalue weighted by Crippen LogP contribution is 2.30. The number of halogens is 1. The minimum atomic E-state index is 0.0345. The fourth-order valence-electron chi connectivity index (χ4n) is 3.10. The van der Waals surface area contributed by atoms with Crippen molar-refractivity contribution in [1.29, 1.82) is 0 Å². The molecule has 2 amide bonds. The zero-order valence-corrected chi connectivity index (χ0v) is 13.9. The summed E-state index contributed by atoms with van der Waals surface area (Å²) in [5.74, 6) is 0.414. The van der Waals surface area contributed by atoms with Crippen molar-refractivity contribution in [3.8, 4) is 0 Å². The Hall–Kier alpha value is -1.55. The van der Waals surface area contributed by atoms with Crippen LogP contribution in [0.3, 0.4) is 0 Å². The van der Waals surface area contributed by atoms with Gasteiger partial charge in [0.05, 0.1) is 0 Å². The predicted molar refractivity (Wildman–Crippen MR) is 89.9 cm³/mol. The van der Waals surface area contributed by atoms with E-state index in [2.05, 4.69) is 10.6 Å². The molecular weight excluding hydrogens is 312 g/mol. The van der Waals surface area contributed by atoms with Crippen molar-refractivity contribution in [2.45, 2.75) is 51.1 Å². The molecule has 4 nitrogen and oxygen atoms in total. The summed E-state index contributed by atoms with van der Waals surface area (Å²) in [6, 6.07) is 7.91. The standard InChI is InChI=1S/C18H23ClN2O2/c19-15-7-1-12(2-8-15)11-20-17(22)13-3-5-14(6-4-13)18(23)21-16-9-10-16/h1-2,7-8,13-14,16H,3-6,9-11H2,(H,20,22)(H,21,23). The highest BCUT2D eigenvalue weighted by molar-refractivity contribution is 6.30. The summed E-state index contributed by atoms with van der Waals surface area (Å²) < 4.78 is 0. The van der Waals surface area contributed by atoms with Crippen molar-refractivity contribution in [2.24, 2.45) is 11.8 Å². The molecule has 1 aromatic rings. The Labute approximate surface area is 142 Å². The number of carbonyl (C=O) groups is 2. The first kappa shape index (κ1) is 16.3. The van der Waals surface area contributed by atoms with E-state index >= 15 is 0 Å². The van der Waals surface area contributed by atoms with Crippen molar-refractivity contribution in [1.82, 2.24) is 10.6 Å². The van der Waals surface area contributed by atoms with Gasteiger partial charge < -0.3 is 10.6 Å². The molecule has 0 atom stereocenters. The van der Waals surface area contributed by atoms with Crippen molar-refractivity contribution < 1.29 is 9.59 Å². The van der Waals surface area contributed by atoms with Gasteiger partial charge in [-0.25, -0.2) is 0 Å². The first-order valence-corrected chi connectivity index (χ1v) is 8.82. The maximum atomic E-state index is 12.3. The molecule has 0 unspecified atom stereocenters. The van der Waals surface area contributed by atoms with Crippen LogP contribution in [0.5, 0.6) is 0 Å². The number of hydrogen-bond acceptors (Lipinski definition) is 2. The largest absolute Gasteiger partial charge is 0.353 e. The monoisotopic (exact) mass is 334 g/mol. The van der Waals surface area contributed by atoms with E-state index in [0.717, 1.165) is 44.1 Å². The van der Waals surface area contributed by atoms with Gasteiger partial charge in [0.1, 0.15) is 0 Å². The first-order valence-electron chi connectivity index (χ1n) is 8.44. The lowest BCUT2D eigenvalue weighted by molar-refractivity contribution is -0.130. The Morgan fingerprint density at radius 2 is 1.48 bits per heavy atom. The summed E-state index contributed by atoms with van der Waals surface area (Å²) in [5, 5.41) is 6.76. The molecule has 0 radical (unpaired) electrons. The quantitative estimate of drug-likeness (QED) is 0.869. The number of hydrogen-bond donors (Lipinski definition) is 2. The second-order valence-electron chi connectivity index (χ2n) is 6.68. The summed E-state index contributed by atoms with van der Waals surface area (Å²) in [6.07, 6.45) is 5.47. The van der Waals surface area contributed by atoms with Gasteiger partial charge in [-0.2, -0.15) is 0 Å². The van der Waals surface area contributed by atoms with Gasteiger partial charge in [-0.15, -0.1) is 0 Å². The zero-order valence-electron chi connectivity index (χ0n) is 13.2. The Bertz CT molecular complexity index is 561. The van der Waals surface area contributed by atoms with Crippen LogP contribution in [0.25, 0.3) is 0 Å². The molecule has 0 aromatic heterocycles. The highest BCUT2D eigenvalue weighted by atomic mass is 35.5. The van der Waals surface area contributed by atoms with Gasteiger partial charge in [-0.3, -0.25) is 9.59 Å². The van der Waals surface area contributed by atoms with Crippen LogP contribution in [0.4, 0.5) is 0 Å². The summed E-state index contributed by atoms with van der Waals surface area (Å²) in [4.78, 5) is 24.3. The van der Waals surface area contributed by atoms with Gasteiger partial charge in [0.25, 0.3) is 0 Å². The molecule has 1 aromatic carbocycles.